The van der Waals surface area contributed by atoms with Crippen molar-refractivity contribution in [3.63, 3.8) is 0 Å². The van der Waals surface area contributed by atoms with E-state index < -0.39 is 17.6 Å². The van der Waals surface area contributed by atoms with Gasteiger partial charge in [-0.3, -0.25) is 4.79 Å². The van der Waals surface area contributed by atoms with Crippen LogP contribution in [0.2, 0.25) is 0 Å². The van der Waals surface area contributed by atoms with E-state index in [9.17, 15) is 22.4 Å². The maximum absolute atomic E-state index is 13.0. The number of carbonyl (C=O) groups excluding carboxylic acids is 1. The number of halogens is 4. The minimum atomic E-state index is -4.43. The van der Waals surface area contributed by atoms with Crippen LogP contribution in [0.5, 0.6) is 0 Å². The number of hydrogen-bond acceptors (Lipinski definition) is 5. The molecule has 1 heterocycles. The van der Waals surface area contributed by atoms with Crippen molar-refractivity contribution in [3.8, 4) is 0 Å². The molecule has 0 aliphatic heterocycles. The number of carbonyl (C=O) groups is 1. The molecule has 162 valence electrons. The zero-order chi connectivity index (χ0) is 22.8. The average molecular weight is 433 g/mol. The lowest BCUT2D eigenvalue weighted by molar-refractivity contribution is -0.137. The third kappa shape index (κ3) is 5.27. The first-order valence-corrected chi connectivity index (χ1v) is 9.14. The first-order valence-electron chi connectivity index (χ1n) is 9.14. The molecule has 1 aromatic heterocycles. The summed E-state index contributed by atoms with van der Waals surface area (Å²) in [6, 6.07) is 10.1. The van der Waals surface area contributed by atoms with Gasteiger partial charge >= 0.3 is 6.18 Å². The van der Waals surface area contributed by atoms with Crippen molar-refractivity contribution in [2.75, 3.05) is 23.0 Å². The molecule has 0 spiro atoms. The number of rotatable bonds is 5. The van der Waals surface area contributed by atoms with E-state index in [1.807, 2.05) is 0 Å². The van der Waals surface area contributed by atoms with E-state index in [1.165, 1.54) is 41.3 Å². The van der Waals surface area contributed by atoms with Gasteiger partial charge in [-0.05, 0) is 48.9 Å². The Morgan fingerprint density at radius 1 is 1.06 bits per heavy atom. The number of alkyl halides is 3. The average Bonchev–Trinajstić information content (AvgIpc) is 2.71. The SMILES string of the molecule is Cc1nc(N(C)c2ccc(C(F)(F)F)cc2)nc(N)c1NC(=O)Cc1ccc(F)cc1. The number of anilines is 4. The number of nitrogens with two attached hydrogens (primary N) is 1. The highest BCUT2D eigenvalue weighted by Gasteiger charge is 2.30. The molecule has 31 heavy (non-hydrogen) atoms. The quantitative estimate of drug-likeness (QED) is 0.580. The van der Waals surface area contributed by atoms with Crippen molar-refractivity contribution in [1.29, 1.82) is 0 Å². The van der Waals surface area contributed by atoms with E-state index in [-0.39, 0.29) is 29.8 Å². The second-order valence-electron chi connectivity index (χ2n) is 6.82. The largest absolute Gasteiger partial charge is 0.416 e. The van der Waals surface area contributed by atoms with Crippen molar-refractivity contribution >= 4 is 29.0 Å². The molecule has 0 bridgehead atoms. The lowest BCUT2D eigenvalue weighted by Gasteiger charge is -2.20. The van der Waals surface area contributed by atoms with E-state index in [0.717, 1.165) is 12.1 Å². The summed E-state index contributed by atoms with van der Waals surface area (Å²) in [6.45, 7) is 1.62. The van der Waals surface area contributed by atoms with Gasteiger partial charge in [-0.15, -0.1) is 0 Å². The van der Waals surface area contributed by atoms with Crippen LogP contribution >= 0.6 is 0 Å². The summed E-state index contributed by atoms with van der Waals surface area (Å²) in [7, 11) is 1.59. The number of amides is 1. The van der Waals surface area contributed by atoms with E-state index in [0.29, 0.717) is 16.9 Å². The normalized spacial score (nSPS) is 11.3. The summed E-state index contributed by atoms with van der Waals surface area (Å²) in [6.07, 6.45) is -4.42. The fraction of sp³-hybridized carbons (Fsp3) is 0.190. The predicted octanol–water partition coefficient (Wildman–Crippen LogP) is 4.47. The second-order valence-corrected chi connectivity index (χ2v) is 6.82. The molecule has 10 heteroatoms. The van der Waals surface area contributed by atoms with Crippen molar-refractivity contribution in [1.82, 2.24) is 9.97 Å². The Bertz CT molecular complexity index is 1060. The van der Waals surface area contributed by atoms with Crippen molar-refractivity contribution < 1.29 is 22.4 Å². The third-order valence-corrected chi connectivity index (χ3v) is 4.53. The van der Waals surface area contributed by atoms with Crippen LogP contribution in [0.15, 0.2) is 48.5 Å². The Morgan fingerprint density at radius 2 is 1.68 bits per heavy atom. The number of hydrogen-bond donors (Lipinski definition) is 2. The Labute approximate surface area is 175 Å². The molecule has 3 rings (SSSR count). The number of nitrogens with zero attached hydrogens (tertiary/aromatic N) is 3. The van der Waals surface area contributed by atoms with Crippen LogP contribution in [0.3, 0.4) is 0 Å². The van der Waals surface area contributed by atoms with Crippen LogP contribution in [0, 0.1) is 12.7 Å². The van der Waals surface area contributed by atoms with Crippen LogP contribution in [-0.4, -0.2) is 22.9 Å². The molecule has 0 atom stereocenters. The standard InChI is InChI=1S/C21H19F4N5O/c1-12-18(28-17(31)11-13-3-7-15(22)8-4-13)19(26)29-20(27-12)30(2)16-9-5-14(6-10-16)21(23,24)25/h3-10H,11H2,1-2H3,(H,28,31)(H2,26,27,29). The maximum Gasteiger partial charge on any atom is 0.416 e. The summed E-state index contributed by atoms with van der Waals surface area (Å²) in [5, 5.41) is 2.65. The van der Waals surface area contributed by atoms with Crippen LogP contribution in [-0.2, 0) is 17.4 Å². The maximum atomic E-state index is 13.0. The summed E-state index contributed by atoms with van der Waals surface area (Å²) in [4.78, 5) is 22.2. The first-order chi connectivity index (χ1) is 14.5. The molecule has 3 aromatic rings. The smallest absolute Gasteiger partial charge is 0.382 e. The lowest BCUT2D eigenvalue weighted by atomic mass is 10.1. The Morgan fingerprint density at radius 3 is 2.23 bits per heavy atom. The third-order valence-electron chi connectivity index (χ3n) is 4.53. The van der Waals surface area contributed by atoms with Gasteiger partial charge in [-0.25, -0.2) is 9.37 Å². The van der Waals surface area contributed by atoms with Crippen molar-refractivity contribution in [2.45, 2.75) is 19.5 Å². The molecular formula is C21H19F4N5O. The van der Waals surface area contributed by atoms with Gasteiger partial charge in [0.15, 0.2) is 5.82 Å². The molecule has 0 fully saturated rings. The number of aryl methyl sites for hydroxylation is 1. The second kappa shape index (κ2) is 8.58. The zero-order valence-electron chi connectivity index (χ0n) is 16.7. The minimum Gasteiger partial charge on any atom is -0.382 e. The van der Waals surface area contributed by atoms with Gasteiger partial charge in [0.25, 0.3) is 0 Å². The van der Waals surface area contributed by atoms with E-state index >= 15 is 0 Å². The molecule has 0 radical (unpaired) electrons. The van der Waals surface area contributed by atoms with E-state index in [1.54, 1.807) is 14.0 Å². The number of benzene rings is 2. The van der Waals surface area contributed by atoms with Crippen molar-refractivity contribution in [2.24, 2.45) is 0 Å². The molecule has 3 N–H and O–H groups in total. The molecule has 6 nitrogen and oxygen atoms in total. The Kier molecular flexibility index (Phi) is 6.09. The molecule has 0 unspecified atom stereocenters. The fourth-order valence-corrected chi connectivity index (χ4v) is 2.85. The number of aromatic nitrogens is 2. The van der Waals surface area contributed by atoms with Gasteiger partial charge in [-0.1, -0.05) is 12.1 Å². The summed E-state index contributed by atoms with van der Waals surface area (Å²) in [5.74, 6) is -0.612. The summed E-state index contributed by atoms with van der Waals surface area (Å²) in [5.41, 5.74) is 6.89. The molecule has 2 aromatic carbocycles. The van der Waals surface area contributed by atoms with Crippen LogP contribution < -0.4 is 16.0 Å². The molecule has 0 saturated heterocycles. The highest BCUT2D eigenvalue weighted by molar-refractivity contribution is 5.95. The number of nitrogens with one attached hydrogen (secondary N) is 1. The van der Waals surface area contributed by atoms with E-state index in [4.69, 9.17) is 5.73 Å². The van der Waals surface area contributed by atoms with E-state index in [2.05, 4.69) is 15.3 Å². The van der Waals surface area contributed by atoms with Gasteiger partial charge in [0, 0.05) is 12.7 Å². The van der Waals surface area contributed by atoms with Gasteiger partial charge in [0.2, 0.25) is 11.9 Å². The highest BCUT2D eigenvalue weighted by atomic mass is 19.4. The van der Waals surface area contributed by atoms with Crippen LogP contribution in [0.1, 0.15) is 16.8 Å². The van der Waals surface area contributed by atoms with Gasteiger partial charge < -0.3 is 16.0 Å². The van der Waals surface area contributed by atoms with Crippen LogP contribution in [0.4, 0.5) is 40.7 Å². The monoisotopic (exact) mass is 433 g/mol. The molecule has 0 aliphatic rings. The van der Waals surface area contributed by atoms with Gasteiger partial charge in [0.1, 0.15) is 11.5 Å². The van der Waals surface area contributed by atoms with Gasteiger partial charge in [-0.2, -0.15) is 18.2 Å². The first kappa shape index (κ1) is 22.0. The zero-order valence-corrected chi connectivity index (χ0v) is 16.7. The Hall–Kier alpha value is -3.69. The minimum absolute atomic E-state index is 0.00632. The van der Waals surface area contributed by atoms with Gasteiger partial charge in [0.05, 0.1) is 17.7 Å². The highest BCUT2D eigenvalue weighted by Crippen LogP contribution is 2.32. The lowest BCUT2D eigenvalue weighted by Crippen LogP contribution is -2.20. The Balaban J connectivity index is 1.76. The molecular weight excluding hydrogens is 414 g/mol. The fourth-order valence-electron chi connectivity index (χ4n) is 2.85. The van der Waals surface area contributed by atoms with Crippen molar-refractivity contribution in [3.05, 3.63) is 71.2 Å². The number of nitrogen functional groups attached to an aromatic ring is 1. The summed E-state index contributed by atoms with van der Waals surface area (Å²) < 4.78 is 51.2. The predicted molar refractivity (Wildman–Crippen MR) is 109 cm³/mol. The van der Waals surface area contributed by atoms with Crippen LogP contribution in [0.25, 0.3) is 0 Å². The topological polar surface area (TPSA) is 84.1 Å². The molecule has 0 aliphatic carbocycles. The molecule has 0 saturated carbocycles. The molecule has 1 amide bonds. The summed E-state index contributed by atoms with van der Waals surface area (Å²) >= 11 is 0.